The Kier molecular flexibility index (Phi) is 4.09. The largest absolute Gasteiger partial charge is 0.479 e. The Morgan fingerprint density at radius 3 is 2.33 bits per heavy atom. The summed E-state index contributed by atoms with van der Waals surface area (Å²) in [6.45, 7) is 1.81. The quantitative estimate of drug-likeness (QED) is 0.859. The number of likely N-dealkylation sites (tertiary alicyclic amines) is 1. The first kappa shape index (κ1) is 16.2. The van der Waals surface area contributed by atoms with E-state index in [0.717, 1.165) is 5.56 Å². The first-order chi connectivity index (χ1) is 11.4. The molecular weight excluding hydrogens is 309 g/mol. The number of hydrogen-bond acceptors (Lipinski definition) is 2. The summed E-state index contributed by atoms with van der Waals surface area (Å²) in [5.41, 5.74) is 0.297. The molecule has 0 spiro atoms. The molecule has 124 valence electrons. The number of carbonyl (C=O) groups is 2. The van der Waals surface area contributed by atoms with Gasteiger partial charge in [-0.05, 0) is 23.3 Å². The van der Waals surface area contributed by atoms with Crippen molar-refractivity contribution in [3.8, 4) is 0 Å². The molecule has 0 radical (unpaired) electrons. The van der Waals surface area contributed by atoms with Gasteiger partial charge in [-0.25, -0.2) is 9.18 Å². The summed E-state index contributed by atoms with van der Waals surface area (Å²) in [5.74, 6) is -2.18. The van der Waals surface area contributed by atoms with E-state index >= 15 is 0 Å². The molecule has 1 amide bonds. The summed E-state index contributed by atoms with van der Waals surface area (Å²) in [4.78, 5) is 25.8. The van der Waals surface area contributed by atoms with E-state index in [9.17, 15) is 19.1 Å². The van der Waals surface area contributed by atoms with E-state index in [4.69, 9.17) is 0 Å². The van der Waals surface area contributed by atoms with E-state index in [1.165, 1.54) is 17.0 Å². The van der Waals surface area contributed by atoms with E-state index < -0.39 is 17.4 Å². The predicted octanol–water partition coefficient (Wildman–Crippen LogP) is 2.87. The first-order valence-corrected chi connectivity index (χ1v) is 7.78. The number of benzene rings is 2. The number of rotatable bonds is 5. The number of halogens is 1. The lowest BCUT2D eigenvalue weighted by Crippen LogP contribution is -2.74. The second-order valence-corrected chi connectivity index (χ2v) is 6.16. The minimum atomic E-state index is -1.27. The third-order valence-corrected chi connectivity index (χ3v) is 4.78. The number of carbonyl (C=O) groups excluding carboxylic acids is 1. The maximum absolute atomic E-state index is 13.1. The summed E-state index contributed by atoms with van der Waals surface area (Å²) in [6.07, 6.45) is 0.247. The summed E-state index contributed by atoms with van der Waals surface area (Å²) < 4.78 is 13.1. The number of hydrogen-bond donors (Lipinski definition) is 1. The number of carboxylic acid groups (broad SMARTS) is 1. The highest BCUT2D eigenvalue weighted by molar-refractivity contribution is 6.00. The van der Waals surface area contributed by atoms with Gasteiger partial charge in [0.1, 0.15) is 5.82 Å². The average Bonchev–Trinajstić information content (AvgIpc) is 2.59. The third-order valence-electron chi connectivity index (χ3n) is 4.78. The Balaban J connectivity index is 1.92. The van der Waals surface area contributed by atoms with Gasteiger partial charge in [0.2, 0.25) is 5.91 Å². The number of amides is 1. The molecule has 0 aliphatic carbocycles. The van der Waals surface area contributed by atoms with Crippen molar-refractivity contribution in [2.24, 2.45) is 5.92 Å². The number of nitrogens with zero attached hydrogens (tertiary/aromatic N) is 1. The van der Waals surface area contributed by atoms with Crippen molar-refractivity contribution in [3.05, 3.63) is 71.5 Å². The van der Waals surface area contributed by atoms with Crippen molar-refractivity contribution >= 4 is 11.9 Å². The highest BCUT2D eigenvalue weighted by Gasteiger charge is 2.62. The second-order valence-electron chi connectivity index (χ2n) is 6.16. The molecule has 0 bridgehead atoms. The lowest BCUT2D eigenvalue weighted by Gasteiger charge is -2.54. The van der Waals surface area contributed by atoms with Crippen molar-refractivity contribution in [1.82, 2.24) is 4.90 Å². The van der Waals surface area contributed by atoms with Crippen LogP contribution in [-0.2, 0) is 22.6 Å². The summed E-state index contributed by atoms with van der Waals surface area (Å²) >= 11 is 0. The van der Waals surface area contributed by atoms with Crippen LogP contribution >= 0.6 is 0 Å². The van der Waals surface area contributed by atoms with Gasteiger partial charge >= 0.3 is 5.97 Å². The Labute approximate surface area is 139 Å². The summed E-state index contributed by atoms with van der Waals surface area (Å²) in [6, 6.07) is 15.0. The molecule has 2 atom stereocenters. The normalized spacial score (nSPS) is 23.0. The van der Waals surface area contributed by atoms with Crippen molar-refractivity contribution in [2.45, 2.75) is 25.4 Å². The molecule has 1 saturated heterocycles. The van der Waals surface area contributed by atoms with E-state index in [2.05, 4.69) is 0 Å². The smallest absolute Gasteiger partial charge is 0.330 e. The zero-order valence-corrected chi connectivity index (χ0v) is 13.3. The van der Waals surface area contributed by atoms with Crippen LogP contribution in [0.3, 0.4) is 0 Å². The standard InChI is InChI=1S/C19H18FNO3/c1-13-17(22)21(12-15-7-9-16(20)10-8-15)19(13,18(23)24)11-14-5-3-2-4-6-14/h2-10,13H,11-12H2,1H3,(H,23,24)/t13-,19+/m1/s1. The van der Waals surface area contributed by atoms with Gasteiger partial charge in [0, 0.05) is 13.0 Å². The maximum atomic E-state index is 13.1. The van der Waals surface area contributed by atoms with Gasteiger partial charge in [0.05, 0.1) is 5.92 Å². The number of β-lactam (4-membered cyclic amide) rings is 1. The van der Waals surface area contributed by atoms with Crippen LogP contribution in [0.4, 0.5) is 4.39 Å². The zero-order chi connectivity index (χ0) is 17.3. The fourth-order valence-electron chi connectivity index (χ4n) is 3.33. The summed E-state index contributed by atoms with van der Waals surface area (Å²) in [5, 5.41) is 9.87. The number of carboxylic acids is 1. The average molecular weight is 327 g/mol. The zero-order valence-electron chi connectivity index (χ0n) is 13.3. The monoisotopic (exact) mass is 327 g/mol. The Bertz CT molecular complexity index is 760. The van der Waals surface area contributed by atoms with E-state index in [1.54, 1.807) is 19.1 Å². The van der Waals surface area contributed by atoms with Gasteiger partial charge in [-0.3, -0.25) is 4.79 Å². The molecule has 4 nitrogen and oxygen atoms in total. The molecule has 0 aromatic heterocycles. The van der Waals surface area contributed by atoms with Gasteiger partial charge < -0.3 is 10.0 Å². The SMILES string of the molecule is C[C@@H]1C(=O)N(Cc2ccc(F)cc2)[C@]1(Cc1ccccc1)C(=O)O. The molecule has 0 saturated carbocycles. The third kappa shape index (κ3) is 2.56. The molecule has 1 aliphatic rings. The molecule has 5 heteroatoms. The van der Waals surface area contributed by atoms with Crippen LogP contribution in [-0.4, -0.2) is 27.4 Å². The van der Waals surface area contributed by atoms with E-state index in [1.807, 2.05) is 30.3 Å². The fraction of sp³-hybridized carbons (Fsp3) is 0.263. The van der Waals surface area contributed by atoms with Gasteiger partial charge in [-0.15, -0.1) is 0 Å². The molecule has 2 aromatic carbocycles. The van der Waals surface area contributed by atoms with Gasteiger partial charge in [0.15, 0.2) is 5.54 Å². The highest BCUT2D eigenvalue weighted by atomic mass is 19.1. The second kappa shape index (κ2) is 6.07. The van der Waals surface area contributed by atoms with Crippen LogP contribution < -0.4 is 0 Å². The lowest BCUT2D eigenvalue weighted by molar-refractivity contribution is -0.188. The molecule has 2 aromatic rings. The molecule has 1 fully saturated rings. The van der Waals surface area contributed by atoms with Gasteiger partial charge in [-0.2, -0.15) is 0 Å². The van der Waals surface area contributed by atoms with Crippen LogP contribution in [0.25, 0.3) is 0 Å². The van der Waals surface area contributed by atoms with Crippen LogP contribution in [0.5, 0.6) is 0 Å². The Morgan fingerprint density at radius 2 is 1.75 bits per heavy atom. The van der Waals surface area contributed by atoms with Gasteiger partial charge in [-0.1, -0.05) is 49.4 Å². The summed E-state index contributed by atoms with van der Waals surface area (Å²) in [7, 11) is 0. The van der Waals surface area contributed by atoms with Gasteiger partial charge in [0.25, 0.3) is 0 Å². The minimum absolute atomic E-state index is 0.155. The Morgan fingerprint density at radius 1 is 1.12 bits per heavy atom. The van der Waals surface area contributed by atoms with Crippen molar-refractivity contribution in [1.29, 1.82) is 0 Å². The lowest BCUT2D eigenvalue weighted by atomic mass is 9.70. The minimum Gasteiger partial charge on any atom is -0.479 e. The van der Waals surface area contributed by atoms with Crippen LogP contribution in [0.1, 0.15) is 18.1 Å². The van der Waals surface area contributed by atoms with Crippen molar-refractivity contribution < 1.29 is 19.1 Å². The van der Waals surface area contributed by atoms with Crippen LogP contribution in [0.2, 0.25) is 0 Å². The Hall–Kier alpha value is -2.69. The molecule has 0 unspecified atom stereocenters. The molecule has 1 N–H and O–H groups in total. The van der Waals surface area contributed by atoms with Crippen molar-refractivity contribution in [3.63, 3.8) is 0 Å². The highest BCUT2D eigenvalue weighted by Crippen LogP contribution is 2.42. The molecule has 3 rings (SSSR count). The predicted molar refractivity (Wildman–Crippen MR) is 86.6 cm³/mol. The van der Waals surface area contributed by atoms with E-state index in [-0.39, 0.29) is 24.7 Å². The first-order valence-electron chi connectivity index (χ1n) is 7.78. The van der Waals surface area contributed by atoms with Crippen LogP contribution in [0.15, 0.2) is 54.6 Å². The maximum Gasteiger partial charge on any atom is 0.330 e. The molecular formula is C19H18FNO3. The fourth-order valence-corrected chi connectivity index (χ4v) is 3.33. The number of aliphatic carboxylic acids is 1. The topological polar surface area (TPSA) is 57.6 Å². The van der Waals surface area contributed by atoms with Crippen molar-refractivity contribution in [2.75, 3.05) is 0 Å². The molecule has 1 aliphatic heterocycles. The molecule has 24 heavy (non-hydrogen) atoms. The molecule has 1 heterocycles. The van der Waals surface area contributed by atoms with E-state index in [0.29, 0.717) is 5.56 Å². The van der Waals surface area contributed by atoms with Crippen LogP contribution in [0, 0.1) is 11.7 Å².